The van der Waals surface area contributed by atoms with Crippen LogP contribution in [-0.2, 0) is 24.2 Å². The van der Waals surface area contributed by atoms with Crippen molar-refractivity contribution in [2.45, 2.75) is 51.6 Å². The zero-order valence-electron chi connectivity index (χ0n) is 17.8. The maximum Gasteiger partial charge on any atom is 0.229 e. The summed E-state index contributed by atoms with van der Waals surface area (Å²) in [5.41, 5.74) is 4.44. The molecule has 1 amide bonds. The number of nitrogens with one attached hydrogen (secondary N) is 1. The molecule has 31 heavy (non-hydrogen) atoms. The Hall–Kier alpha value is -3.05. The number of aliphatic hydroxyl groups is 1. The van der Waals surface area contributed by atoms with Crippen LogP contribution < -0.4 is 5.32 Å². The molecule has 1 heterocycles. The fraction of sp³-hybridized carbons (Fsp3) is 0.346. The Bertz CT molecular complexity index is 997. The summed E-state index contributed by atoms with van der Waals surface area (Å²) in [6.45, 7) is 0.0191. The topological polar surface area (TPSA) is 75.1 Å². The van der Waals surface area contributed by atoms with Crippen LogP contribution in [0.3, 0.4) is 0 Å². The molecular weight excluding hydrogens is 386 g/mol. The molecule has 0 saturated heterocycles. The zero-order valence-corrected chi connectivity index (χ0v) is 17.8. The molecule has 1 aliphatic rings. The lowest BCUT2D eigenvalue weighted by molar-refractivity contribution is -0.115. The van der Waals surface area contributed by atoms with Crippen LogP contribution in [0.2, 0.25) is 0 Å². The van der Waals surface area contributed by atoms with Crippen LogP contribution in [-0.4, -0.2) is 21.0 Å². The second-order valence-electron chi connectivity index (χ2n) is 8.32. The first-order valence-electron chi connectivity index (χ1n) is 11.1. The van der Waals surface area contributed by atoms with E-state index >= 15 is 0 Å². The van der Waals surface area contributed by atoms with E-state index in [0.717, 1.165) is 34.5 Å². The number of anilines is 1. The molecule has 1 aliphatic carbocycles. The molecule has 5 nitrogen and oxygen atoms in total. The van der Waals surface area contributed by atoms with Gasteiger partial charge in [0.1, 0.15) is 0 Å². The van der Waals surface area contributed by atoms with E-state index in [-0.39, 0.29) is 12.5 Å². The lowest BCUT2D eigenvalue weighted by Crippen LogP contribution is -2.19. The van der Waals surface area contributed by atoms with Gasteiger partial charge < -0.3 is 10.4 Å². The molecule has 160 valence electrons. The Labute approximate surface area is 183 Å². The molecular formula is C26H29N3O2. The van der Waals surface area contributed by atoms with E-state index in [2.05, 4.69) is 10.3 Å². The Morgan fingerprint density at radius 1 is 0.968 bits per heavy atom. The summed E-state index contributed by atoms with van der Waals surface area (Å²) >= 11 is 0. The van der Waals surface area contributed by atoms with Gasteiger partial charge >= 0.3 is 0 Å². The van der Waals surface area contributed by atoms with Gasteiger partial charge in [-0.25, -0.2) is 9.97 Å². The maximum absolute atomic E-state index is 12.6. The first-order chi connectivity index (χ1) is 15.2. The van der Waals surface area contributed by atoms with Crippen LogP contribution in [0, 0.1) is 5.92 Å². The quantitative estimate of drug-likeness (QED) is 0.573. The van der Waals surface area contributed by atoms with Crippen LogP contribution >= 0.6 is 0 Å². The third-order valence-electron chi connectivity index (χ3n) is 5.95. The summed E-state index contributed by atoms with van der Waals surface area (Å²) in [6.07, 6.45) is 9.10. The highest BCUT2D eigenvalue weighted by Gasteiger charge is 2.19. The summed E-state index contributed by atoms with van der Waals surface area (Å²) in [7, 11) is 0. The molecule has 0 unspecified atom stereocenters. The van der Waals surface area contributed by atoms with E-state index in [4.69, 9.17) is 4.98 Å². The molecule has 0 radical (unpaired) electrons. The molecule has 2 N–H and O–H groups in total. The van der Waals surface area contributed by atoms with Crippen LogP contribution in [0.4, 0.5) is 5.82 Å². The van der Waals surface area contributed by atoms with Crippen LogP contribution in [0.25, 0.3) is 11.3 Å². The number of aromatic nitrogens is 2. The van der Waals surface area contributed by atoms with E-state index < -0.39 is 0 Å². The molecule has 0 spiro atoms. The number of carbonyl (C=O) groups excluding carboxylic acids is 1. The lowest BCUT2D eigenvalue weighted by Gasteiger charge is -2.22. The molecule has 1 saturated carbocycles. The average Bonchev–Trinajstić information content (AvgIpc) is 2.81. The number of benzene rings is 2. The molecule has 1 fully saturated rings. The summed E-state index contributed by atoms with van der Waals surface area (Å²) < 4.78 is 0. The first-order valence-corrected chi connectivity index (χ1v) is 11.1. The van der Waals surface area contributed by atoms with Crippen LogP contribution in [0.15, 0.2) is 60.8 Å². The summed E-state index contributed by atoms with van der Waals surface area (Å²) in [4.78, 5) is 22.2. The van der Waals surface area contributed by atoms with Gasteiger partial charge in [-0.1, -0.05) is 86.7 Å². The van der Waals surface area contributed by atoms with Crippen molar-refractivity contribution in [1.29, 1.82) is 0 Å². The summed E-state index contributed by atoms with van der Waals surface area (Å²) in [6, 6.07) is 17.4. The van der Waals surface area contributed by atoms with Crippen molar-refractivity contribution in [3.8, 4) is 11.3 Å². The third kappa shape index (κ3) is 5.76. The number of amides is 1. The van der Waals surface area contributed by atoms with Gasteiger partial charge in [0, 0.05) is 5.56 Å². The predicted octanol–water partition coefficient (Wildman–Crippen LogP) is 4.94. The van der Waals surface area contributed by atoms with Gasteiger partial charge in [-0.3, -0.25) is 4.79 Å². The Balaban J connectivity index is 1.57. The highest BCUT2D eigenvalue weighted by Crippen LogP contribution is 2.29. The largest absolute Gasteiger partial charge is 0.392 e. The number of carbonyl (C=O) groups is 1. The standard InChI is InChI=1S/C26H29N3O2/c30-18-21-11-13-22(14-12-21)24-17-27-26(23(28-24)15-19-7-3-1-4-8-19)29-25(31)16-20-9-5-2-6-10-20/h2,5-6,9-14,17,19,30H,1,3-4,7-8,15-16,18H2,(H,27,29,31). The molecule has 4 rings (SSSR count). The van der Waals surface area contributed by atoms with Crippen molar-refractivity contribution in [3.63, 3.8) is 0 Å². The first kappa shape index (κ1) is 21.2. The molecule has 1 aromatic heterocycles. The smallest absolute Gasteiger partial charge is 0.229 e. The number of rotatable bonds is 7. The van der Waals surface area contributed by atoms with Crippen molar-refractivity contribution in [2.24, 2.45) is 5.92 Å². The van der Waals surface area contributed by atoms with Gasteiger partial charge in [-0.15, -0.1) is 0 Å². The highest BCUT2D eigenvalue weighted by molar-refractivity contribution is 5.92. The lowest BCUT2D eigenvalue weighted by atomic mass is 9.86. The van der Waals surface area contributed by atoms with Crippen LogP contribution in [0.5, 0.6) is 0 Å². The van der Waals surface area contributed by atoms with Crippen molar-refractivity contribution >= 4 is 11.7 Å². The Morgan fingerprint density at radius 2 is 1.71 bits per heavy atom. The molecule has 5 heteroatoms. The van der Waals surface area contributed by atoms with Gasteiger partial charge in [-0.2, -0.15) is 0 Å². The highest BCUT2D eigenvalue weighted by atomic mass is 16.3. The van der Waals surface area contributed by atoms with E-state index in [1.165, 1.54) is 32.1 Å². The fourth-order valence-electron chi connectivity index (χ4n) is 4.22. The zero-order chi connectivity index (χ0) is 21.5. The van der Waals surface area contributed by atoms with Gasteiger partial charge in [0.2, 0.25) is 5.91 Å². The van der Waals surface area contributed by atoms with Gasteiger partial charge in [0.15, 0.2) is 5.82 Å². The number of hydrogen-bond acceptors (Lipinski definition) is 4. The molecule has 0 aliphatic heterocycles. The summed E-state index contributed by atoms with van der Waals surface area (Å²) in [5, 5.41) is 12.3. The second-order valence-corrected chi connectivity index (χ2v) is 8.32. The normalized spacial score (nSPS) is 14.4. The Morgan fingerprint density at radius 3 is 2.42 bits per heavy atom. The molecule has 0 atom stereocenters. The van der Waals surface area contributed by atoms with Crippen molar-refractivity contribution in [1.82, 2.24) is 9.97 Å². The van der Waals surface area contributed by atoms with Crippen molar-refractivity contribution < 1.29 is 9.90 Å². The maximum atomic E-state index is 12.6. The third-order valence-corrected chi connectivity index (χ3v) is 5.95. The van der Waals surface area contributed by atoms with Crippen LogP contribution in [0.1, 0.15) is 48.9 Å². The van der Waals surface area contributed by atoms with E-state index in [9.17, 15) is 9.90 Å². The monoisotopic (exact) mass is 415 g/mol. The number of hydrogen-bond donors (Lipinski definition) is 2. The van der Waals surface area contributed by atoms with Gasteiger partial charge in [0.05, 0.1) is 30.6 Å². The number of aliphatic hydroxyl groups excluding tert-OH is 1. The van der Waals surface area contributed by atoms with Gasteiger partial charge in [0.25, 0.3) is 0 Å². The SMILES string of the molecule is O=C(Cc1ccccc1)Nc1ncc(-c2ccc(CO)cc2)nc1CC1CCCCC1. The Kier molecular flexibility index (Phi) is 7.05. The minimum absolute atomic E-state index is 0.0191. The van der Waals surface area contributed by atoms with Gasteiger partial charge in [-0.05, 0) is 23.5 Å². The second kappa shape index (κ2) is 10.3. The van der Waals surface area contributed by atoms with E-state index in [1.807, 2.05) is 54.6 Å². The van der Waals surface area contributed by atoms with Crippen molar-refractivity contribution in [2.75, 3.05) is 5.32 Å². The van der Waals surface area contributed by atoms with E-state index in [1.54, 1.807) is 6.20 Å². The number of nitrogens with zero attached hydrogens (tertiary/aromatic N) is 2. The van der Waals surface area contributed by atoms with Crippen molar-refractivity contribution in [3.05, 3.63) is 77.6 Å². The van der Waals surface area contributed by atoms with E-state index in [0.29, 0.717) is 18.2 Å². The summed E-state index contributed by atoms with van der Waals surface area (Å²) in [5.74, 6) is 1.08. The average molecular weight is 416 g/mol. The minimum atomic E-state index is -0.0783. The predicted molar refractivity (Wildman–Crippen MR) is 122 cm³/mol. The minimum Gasteiger partial charge on any atom is -0.392 e. The molecule has 3 aromatic rings. The molecule has 0 bridgehead atoms. The molecule has 2 aromatic carbocycles. The fourth-order valence-corrected chi connectivity index (χ4v) is 4.22.